The average Bonchev–Trinajstić information content (AvgIpc) is 3.14. The monoisotopic (exact) mass is 807 g/mol. The van der Waals surface area contributed by atoms with Crippen molar-refractivity contribution in [2.45, 2.75) is 122 Å². The second kappa shape index (κ2) is 15.2. The third kappa shape index (κ3) is 7.09. The summed E-state index contributed by atoms with van der Waals surface area (Å²) in [5.74, 6) is -8.93. The number of aliphatic hydroxyl groups is 3. The molecule has 3 unspecified atom stereocenters. The third-order valence-electron chi connectivity index (χ3n) is 12.9. The Hall–Kier alpha value is -4.70. The molecule has 4 N–H and O–H groups in total. The Kier molecular flexibility index (Phi) is 11.2. The van der Waals surface area contributed by atoms with Gasteiger partial charge in [-0.3, -0.25) is 14.4 Å². The van der Waals surface area contributed by atoms with Crippen LogP contribution in [-0.2, 0) is 42.9 Å². The van der Waals surface area contributed by atoms with Crippen molar-refractivity contribution in [1.29, 1.82) is 0 Å². The van der Waals surface area contributed by atoms with Crippen molar-refractivity contribution >= 4 is 35.6 Å². The lowest BCUT2D eigenvalue weighted by atomic mass is 9.42. The van der Waals surface area contributed by atoms with Crippen LogP contribution in [0.1, 0.15) is 90.2 Å². The highest BCUT2D eigenvalue weighted by Gasteiger charge is 2.79. The standard InChI is InChI=1S/C43H53NO14/c1-22-26(55-37(51)32(48)30(24-15-11-9-12-16-24)44-38(52)58-39(3,4)5)20-43(53)35(56-36(50)25-17-13-10-14-18-25)33-41(8,34(49)31(47)29(22)40(43,6)7)27(46)19-28-42(33,21-54-28)57-23(2)45/h9-18,22,26-30,32-33,35,46,48,53H,19-21H2,1-8H3,(H,44,52)/t22?,26?,27-,28+,29?,30+,32+,33-,35-,41+,42-,43+/m0/s1. The first-order valence-electron chi connectivity index (χ1n) is 19.5. The molecule has 2 aromatic rings. The van der Waals surface area contributed by atoms with Crippen molar-refractivity contribution in [3.63, 3.8) is 0 Å². The molecule has 314 valence electrons. The first kappa shape index (κ1) is 42.9. The minimum Gasteiger partial charge on any atom is -0.460 e. The van der Waals surface area contributed by atoms with Crippen molar-refractivity contribution in [3.8, 4) is 0 Å². The lowest BCUT2D eigenvalue weighted by Crippen LogP contribution is -2.82. The van der Waals surface area contributed by atoms with E-state index in [1.54, 1.807) is 90.1 Å². The zero-order chi connectivity index (χ0) is 42.7. The first-order valence-corrected chi connectivity index (χ1v) is 19.5. The number of hydrogen-bond donors (Lipinski definition) is 4. The van der Waals surface area contributed by atoms with Crippen LogP contribution in [0.25, 0.3) is 0 Å². The number of benzene rings is 2. The van der Waals surface area contributed by atoms with E-state index in [0.717, 1.165) is 6.92 Å². The minimum atomic E-state index is -2.36. The van der Waals surface area contributed by atoms with Crippen LogP contribution in [0, 0.1) is 28.6 Å². The summed E-state index contributed by atoms with van der Waals surface area (Å²) in [6.07, 6.45) is -9.48. The number of rotatable bonds is 8. The van der Waals surface area contributed by atoms with Gasteiger partial charge in [0.25, 0.3) is 0 Å². The van der Waals surface area contributed by atoms with Gasteiger partial charge in [-0.25, -0.2) is 14.4 Å². The number of amides is 1. The number of carbonyl (C=O) groups excluding carboxylic acids is 6. The molecule has 0 radical (unpaired) electrons. The Bertz CT molecular complexity index is 1950. The number of esters is 3. The van der Waals surface area contributed by atoms with Crippen molar-refractivity contribution in [2.24, 2.45) is 28.6 Å². The van der Waals surface area contributed by atoms with Crippen LogP contribution in [0.4, 0.5) is 4.79 Å². The number of aliphatic hydroxyl groups excluding tert-OH is 2. The van der Waals surface area contributed by atoms with Gasteiger partial charge in [0.2, 0.25) is 11.6 Å². The van der Waals surface area contributed by atoms with Crippen LogP contribution >= 0.6 is 0 Å². The highest BCUT2D eigenvalue weighted by Crippen LogP contribution is 2.64. The van der Waals surface area contributed by atoms with Crippen LogP contribution in [0.15, 0.2) is 60.7 Å². The maximum atomic E-state index is 14.9. The molecule has 4 fully saturated rings. The van der Waals surface area contributed by atoms with Crippen LogP contribution in [0.5, 0.6) is 0 Å². The Labute approximate surface area is 336 Å². The predicted molar refractivity (Wildman–Crippen MR) is 203 cm³/mol. The summed E-state index contributed by atoms with van der Waals surface area (Å²) in [4.78, 5) is 83.6. The number of Topliss-reactive ketones (excluding diaryl/α,β-unsaturated/α-hetero) is 2. The molecule has 3 aliphatic carbocycles. The second-order valence-electron chi connectivity index (χ2n) is 17.9. The summed E-state index contributed by atoms with van der Waals surface area (Å²) in [6, 6.07) is 14.6. The summed E-state index contributed by atoms with van der Waals surface area (Å²) in [7, 11) is 0. The largest absolute Gasteiger partial charge is 0.460 e. The summed E-state index contributed by atoms with van der Waals surface area (Å²) in [5, 5.41) is 39.3. The fourth-order valence-electron chi connectivity index (χ4n) is 9.87. The molecule has 4 aliphatic rings. The molecule has 1 amide bonds. The van der Waals surface area contributed by atoms with Gasteiger partial charge in [0.15, 0.2) is 11.7 Å². The van der Waals surface area contributed by atoms with Gasteiger partial charge in [-0.1, -0.05) is 69.3 Å². The molecule has 1 heterocycles. The van der Waals surface area contributed by atoms with Gasteiger partial charge in [-0.2, -0.15) is 0 Å². The van der Waals surface area contributed by atoms with E-state index >= 15 is 0 Å². The maximum absolute atomic E-state index is 14.9. The maximum Gasteiger partial charge on any atom is 0.408 e. The van der Waals surface area contributed by atoms with Gasteiger partial charge >= 0.3 is 24.0 Å². The summed E-state index contributed by atoms with van der Waals surface area (Å²) in [5.41, 5.74) is -8.31. The molecular weight excluding hydrogens is 754 g/mol. The predicted octanol–water partition coefficient (Wildman–Crippen LogP) is 3.40. The summed E-state index contributed by atoms with van der Waals surface area (Å²) in [6.45, 7) is 11.8. The van der Waals surface area contributed by atoms with E-state index in [-0.39, 0.29) is 18.6 Å². The zero-order valence-electron chi connectivity index (χ0n) is 33.9. The van der Waals surface area contributed by atoms with E-state index < -0.39 is 124 Å². The van der Waals surface area contributed by atoms with Gasteiger partial charge in [0.1, 0.15) is 29.5 Å². The quantitative estimate of drug-likeness (QED) is 0.171. The van der Waals surface area contributed by atoms with Crippen molar-refractivity contribution in [3.05, 3.63) is 71.8 Å². The number of alkyl carbamates (subject to hydrolysis) is 1. The van der Waals surface area contributed by atoms with Gasteiger partial charge in [-0.05, 0) is 45.4 Å². The van der Waals surface area contributed by atoms with Crippen molar-refractivity contribution in [2.75, 3.05) is 6.61 Å². The molecule has 2 aromatic carbocycles. The van der Waals surface area contributed by atoms with Crippen LogP contribution in [0.2, 0.25) is 0 Å². The van der Waals surface area contributed by atoms with E-state index in [1.165, 1.54) is 19.1 Å². The van der Waals surface area contributed by atoms with E-state index in [0.29, 0.717) is 5.56 Å². The number of ketones is 2. The van der Waals surface area contributed by atoms with Gasteiger partial charge < -0.3 is 44.3 Å². The third-order valence-corrected chi connectivity index (χ3v) is 12.9. The molecule has 0 aromatic heterocycles. The van der Waals surface area contributed by atoms with Gasteiger partial charge in [0, 0.05) is 37.0 Å². The molecule has 1 saturated heterocycles. The molecule has 15 heteroatoms. The fourth-order valence-corrected chi connectivity index (χ4v) is 9.87. The molecule has 1 aliphatic heterocycles. The van der Waals surface area contributed by atoms with E-state index in [1.807, 2.05) is 0 Å². The van der Waals surface area contributed by atoms with Gasteiger partial charge in [-0.15, -0.1) is 0 Å². The summed E-state index contributed by atoms with van der Waals surface area (Å²) >= 11 is 0. The molecule has 12 atom stereocenters. The van der Waals surface area contributed by atoms with E-state index in [9.17, 15) is 44.1 Å². The van der Waals surface area contributed by atoms with E-state index in [2.05, 4.69) is 5.32 Å². The SMILES string of the molecule is CC(=O)O[C@@]12CO[C@@H]1C[C@H](O)[C@@]1(C)C(=O)C(=O)C3C(C)C(OC(=O)[C@H](O)[C@H](NC(=O)OC(C)(C)C)c4ccccc4)C[C@@](O)([C@@H](OC(=O)c4ccccc4)[C@H]21)C3(C)C. The second-order valence-corrected chi connectivity index (χ2v) is 17.9. The normalized spacial score (nSPS) is 34.9. The van der Waals surface area contributed by atoms with Crippen LogP contribution < -0.4 is 5.32 Å². The molecular formula is C43H53NO14. The number of ether oxygens (including phenoxy) is 5. The molecule has 6 rings (SSSR count). The topological polar surface area (TPSA) is 221 Å². The average molecular weight is 808 g/mol. The van der Waals surface area contributed by atoms with Gasteiger partial charge in [0.05, 0.1) is 35.6 Å². The Morgan fingerprint density at radius 3 is 2.10 bits per heavy atom. The van der Waals surface area contributed by atoms with Crippen LogP contribution in [0.3, 0.4) is 0 Å². The van der Waals surface area contributed by atoms with Crippen molar-refractivity contribution in [1.82, 2.24) is 5.32 Å². The first-order chi connectivity index (χ1) is 27.0. The fraction of sp³-hybridized carbons (Fsp3) is 0.581. The molecule has 3 saturated carbocycles. The van der Waals surface area contributed by atoms with Crippen LogP contribution in [-0.4, -0.2) is 105 Å². The number of hydrogen-bond acceptors (Lipinski definition) is 14. The Balaban J connectivity index is 1.46. The summed E-state index contributed by atoms with van der Waals surface area (Å²) < 4.78 is 29.5. The number of fused-ring (bicyclic) bond motifs is 5. The zero-order valence-corrected chi connectivity index (χ0v) is 33.9. The molecule has 0 spiro atoms. The minimum absolute atomic E-state index is 0.0747. The molecule has 2 bridgehead atoms. The number of nitrogens with one attached hydrogen (secondary N) is 1. The highest BCUT2D eigenvalue weighted by atomic mass is 16.6. The lowest BCUT2D eigenvalue weighted by Gasteiger charge is -2.67. The lowest BCUT2D eigenvalue weighted by molar-refractivity contribution is -0.350. The highest BCUT2D eigenvalue weighted by molar-refractivity contribution is 6.40. The molecule has 58 heavy (non-hydrogen) atoms. The van der Waals surface area contributed by atoms with E-state index in [4.69, 9.17) is 23.7 Å². The Morgan fingerprint density at radius 2 is 1.55 bits per heavy atom. The number of carbonyl (C=O) groups is 6. The van der Waals surface area contributed by atoms with Crippen molar-refractivity contribution < 1.29 is 67.8 Å². The Morgan fingerprint density at radius 1 is 0.948 bits per heavy atom. The molecule has 15 nitrogen and oxygen atoms in total. The smallest absolute Gasteiger partial charge is 0.408 e.